The molecule has 2 atom stereocenters. The van der Waals surface area contributed by atoms with E-state index >= 15 is 0 Å². The molecule has 40 heavy (non-hydrogen) atoms. The third-order valence-electron chi connectivity index (χ3n) is 5.80. The average Bonchev–Trinajstić information content (AvgIpc) is 2.97. The molecule has 0 radical (unpaired) electrons. The maximum atomic E-state index is 14.6. The molecule has 10 heteroatoms. The predicted octanol–water partition coefficient (Wildman–Crippen LogP) is 6.77. The molecule has 4 rings (SSSR count). The normalized spacial score (nSPS) is 12.4. The Hall–Kier alpha value is -4.26. The monoisotopic (exact) mass is 578 g/mol. The van der Waals surface area contributed by atoms with Crippen molar-refractivity contribution < 1.29 is 27.9 Å². The van der Waals surface area contributed by atoms with Crippen LogP contribution in [0.1, 0.15) is 16.9 Å². The Bertz CT molecular complexity index is 1390. The van der Waals surface area contributed by atoms with Crippen molar-refractivity contribution in [2.45, 2.75) is 18.2 Å². The molecule has 0 fully saturated rings. The van der Waals surface area contributed by atoms with Gasteiger partial charge in [-0.25, -0.2) is 14.2 Å². The van der Waals surface area contributed by atoms with Crippen LogP contribution in [0, 0.1) is 0 Å². The lowest BCUT2D eigenvalue weighted by atomic mass is 10.1. The number of halogens is 1. The summed E-state index contributed by atoms with van der Waals surface area (Å²) < 4.78 is 31.5. The molecule has 0 saturated heterocycles. The quantitative estimate of drug-likeness (QED) is 0.150. The highest BCUT2D eigenvalue weighted by atomic mass is 35.5. The van der Waals surface area contributed by atoms with Crippen LogP contribution in [0.5, 0.6) is 11.5 Å². The SMILES string of the molecule is COC(=O)C(Cc1ccccc1)NC(=O)NC(c1ccc(Cl)cc1)P(=O)(Oc1ccccc1)Oc1ccccc1. The fourth-order valence-corrected chi connectivity index (χ4v) is 5.90. The molecule has 2 N–H and O–H groups in total. The van der Waals surface area contributed by atoms with Crippen molar-refractivity contribution in [3.63, 3.8) is 0 Å². The molecule has 0 aromatic heterocycles. The number of amides is 2. The predicted molar refractivity (Wildman–Crippen MR) is 154 cm³/mol. The fourth-order valence-electron chi connectivity index (χ4n) is 3.88. The van der Waals surface area contributed by atoms with Crippen LogP contribution in [-0.4, -0.2) is 25.2 Å². The van der Waals surface area contributed by atoms with E-state index in [0.29, 0.717) is 10.6 Å². The van der Waals surface area contributed by atoms with Crippen LogP contribution in [-0.2, 0) is 20.5 Å². The number of benzene rings is 4. The zero-order valence-corrected chi connectivity index (χ0v) is 23.3. The van der Waals surface area contributed by atoms with Gasteiger partial charge in [0, 0.05) is 11.4 Å². The Morgan fingerprint density at radius 2 is 1.25 bits per heavy atom. The van der Waals surface area contributed by atoms with Crippen LogP contribution >= 0.6 is 19.2 Å². The number of methoxy groups -OCH3 is 1. The smallest absolute Gasteiger partial charge is 0.457 e. The first-order chi connectivity index (χ1) is 19.4. The van der Waals surface area contributed by atoms with Crippen LogP contribution in [0.2, 0.25) is 5.02 Å². The largest absolute Gasteiger partial charge is 0.467 e. The highest BCUT2D eigenvalue weighted by Gasteiger charge is 2.42. The molecule has 0 saturated carbocycles. The van der Waals surface area contributed by atoms with Gasteiger partial charge in [-0.05, 0) is 47.5 Å². The van der Waals surface area contributed by atoms with E-state index in [2.05, 4.69) is 10.6 Å². The van der Waals surface area contributed by atoms with Crippen molar-refractivity contribution in [1.82, 2.24) is 10.6 Å². The second-order valence-corrected chi connectivity index (χ2v) is 11.1. The van der Waals surface area contributed by atoms with E-state index in [1.165, 1.54) is 7.11 Å². The summed E-state index contributed by atoms with van der Waals surface area (Å²) in [6.07, 6.45) is 0.186. The second-order valence-electron chi connectivity index (χ2n) is 8.69. The average molecular weight is 579 g/mol. The number of esters is 1. The molecule has 0 spiro atoms. The summed E-state index contributed by atoms with van der Waals surface area (Å²) in [5.74, 6) is -1.37. The highest BCUT2D eigenvalue weighted by molar-refractivity contribution is 7.55. The van der Waals surface area contributed by atoms with Gasteiger partial charge in [0.05, 0.1) is 7.11 Å². The number of hydrogen-bond donors (Lipinski definition) is 2. The molecule has 4 aromatic rings. The van der Waals surface area contributed by atoms with Gasteiger partial charge < -0.3 is 24.4 Å². The number of hydrogen-bond acceptors (Lipinski definition) is 6. The van der Waals surface area contributed by atoms with Crippen LogP contribution in [0.15, 0.2) is 115 Å². The van der Waals surface area contributed by atoms with Gasteiger partial charge in [0.1, 0.15) is 17.5 Å². The molecule has 2 amide bonds. The minimum Gasteiger partial charge on any atom is -0.467 e. The molecule has 0 aliphatic heterocycles. The first-order valence-corrected chi connectivity index (χ1v) is 14.4. The summed E-state index contributed by atoms with van der Waals surface area (Å²) in [6.45, 7) is 0. The molecular weight excluding hydrogens is 551 g/mol. The summed E-state index contributed by atoms with van der Waals surface area (Å²) in [7, 11) is -2.99. The molecule has 8 nitrogen and oxygen atoms in total. The maximum Gasteiger partial charge on any atom is 0.457 e. The number of carbonyl (C=O) groups is 2. The topological polar surface area (TPSA) is 103 Å². The second kappa shape index (κ2) is 13.7. The summed E-state index contributed by atoms with van der Waals surface area (Å²) in [5, 5.41) is 5.81. The van der Waals surface area contributed by atoms with Crippen LogP contribution in [0.25, 0.3) is 0 Å². The molecule has 4 aromatic carbocycles. The van der Waals surface area contributed by atoms with Crippen molar-refractivity contribution in [2.75, 3.05) is 7.11 Å². The van der Waals surface area contributed by atoms with Gasteiger partial charge in [0.2, 0.25) is 0 Å². The van der Waals surface area contributed by atoms with E-state index in [1.54, 1.807) is 84.9 Å². The van der Waals surface area contributed by atoms with E-state index in [1.807, 2.05) is 30.3 Å². The van der Waals surface area contributed by atoms with Crippen molar-refractivity contribution >= 4 is 31.2 Å². The number of rotatable bonds is 11. The number of ether oxygens (including phenoxy) is 1. The maximum absolute atomic E-state index is 14.6. The zero-order valence-electron chi connectivity index (χ0n) is 21.6. The standard InChI is InChI=1S/C30H28ClN2O6P/c1-37-29(34)27(21-22-11-5-2-6-12-22)32-30(35)33-28(23-17-19-24(31)20-18-23)40(36,38-25-13-7-3-8-14-25)39-26-15-9-4-10-16-26/h2-20,27-28H,21H2,1H3,(H2,32,33,35). The van der Waals surface area contributed by atoms with Crippen molar-refractivity contribution in [2.24, 2.45) is 0 Å². The van der Waals surface area contributed by atoms with Crippen LogP contribution in [0.3, 0.4) is 0 Å². The molecule has 2 unspecified atom stereocenters. The number of urea groups is 1. The number of para-hydroxylation sites is 2. The van der Waals surface area contributed by atoms with Crippen molar-refractivity contribution in [3.05, 3.63) is 131 Å². The summed E-state index contributed by atoms with van der Waals surface area (Å²) in [6, 6.07) is 30.8. The molecule has 0 aliphatic rings. The first kappa shape index (κ1) is 28.7. The Morgan fingerprint density at radius 1 is 0.750 bits per heavy atom. The number of nitrogens with one attached hydrogen (secondary N) is 2. The Balaban J connectivity index is 1.68. The molecule has 206 valence electrons. The van der Waals surface area contributed by atoms with Crippen molar-refractivity contribution in [3.8, 4) is 11.5 Å². The van der Waals surface area contributed by atoms with Gasteiger partial charge in [-0.1, -0.05) is 90.5 Å². The highest BCUT2D eigenvalue weighted by Crippen LogP contribution is 2.59. The molecule has 0 heterocycles. The van der Waals surface area contributed by atoms with Crippen molar-refractivity contribution in [1.29, 1.82) is 0 Å². The Kier molecular flexibility index (Phi) is 9.84. The van der Waals surface area contributed by atoms with Gasteiger partial charge >= 0.3 is 19.6 Å². The van der Waals surface area contributed by atoms with E-state index in [9.17, 15) is 14.2 Å². The van der Waals surface area contributed by atoms with E-state index in [0.717, 1.165) is 5.56 Å². The third kappa shape index (κ3) is 7.88. The van der Waals surface area contributed by atoms with Crippen LogP contribution in [0.4, 0.5) is 4.79 Å². The summed E-state index contributed by atoms with van der Waals surface area (Å²) in [4.78, 5) is 25.9. The number of carbonyl (C=O) groups excluding carboxylic acids is 2. The zero-order chi connectivity index (χ0) is 28.4. The van der Waals surface area contributed by atoms with Gasteiger partial charge in [-0.15, -0.1) is 0 Å². The van der Waals surface area contributed by atoms with Gasteiger partial charge in [-0.2, -0.15) is 0 Å². The van der Waals surface area contributed by atoms with Gasteiger partial charge in [0.15, 0.2) is 5.78 Å². The van der Waals surface area contributed by atoms with E-state index < -0.39 is 31.4 Å². The fraction of sp³-hybridized carbons (Fsp3) is 0.133. The van der Waals surface area contributed by atoms with Gasteiger partial charge in [-0.3, -0.25) is 0 Å². The third-order valence-corrected chi connectivity index (χ3v) is 8.04. The summed E-state index contributed by atoms with van der Waals surface area (Å²) >= 11 is 6.11. The lowest BCUT2D eigenvalue weighted by Crippen LogP contribution is -2.48. The first-order valence-electron chi connectivity index (χ1n) is 12.4. The minimum absolute atomic E-state index is 0.186. The lowest BCUT2D eigenvalue weighted by Gasteiger charge is -2.29. The van der Waals surface area contributed by atoms with Crippen LogP contribution < -0.4 is 19.7 Å². The molecule has 0 bridgehead atoms. The Labute approximate surface area is 237 Å². The van der Waals surface area contributed by atoms with E-state index in [-0.39, 0.29) is 17.9 Å². The van der Waals surface area contributed by atoms with Gasteiger partial charge in [0.25, 0.3) is 0 Å². The Morgan fingerprint density at radius 3 is 1.75 bits per heavy atom. The van der Waals surface area contributed by atoms with E-state index in [4.69, 9.17) is 25.4 Å². The lowest BCUT2D eigenvalue weighted by molar-refractivity contribution is -0.142. The molecule has 0 aliphatic carbocycles. The minimum atomic E-state index is -4.24. The summed E-state index contributed by atoms with van der Waals surface area (Å²) in [5.41, 5.74) is 1.23. The molecular formula is C30H28ClN2O6P.